The minimum absolute atomic E-state index is 0.0399. The number of aryl methyl sites for hydroxylation is 1. The summed E-state index contributed by atoms with van der Waals surface area (Å²) in [5.41, 5.74) is 1.71. The molecule has 1 N–H and O–H groups in total. The maximum atomic E-state index is 13.4. The molecule has 0 radical (unpaired) electrons. The van der Waals surface area contributed by atoms with Gasteiger partial charge in [-0.3, -0.25) is 9.71 Å². The quantitative estimate of drug-likeness (QED) is 0.522. The van der Waals surface area contributed by atoms with Gasteiger partial charge in [0.25, 0.3) is 10.0 Å². The van der Waals surface area contributed by atoms with E-state index in [2.05, 4.69) is 9.71 Å². The van der Waals surface area contributed by atoms with Crippen LogP contribution < -0.4 is 4.72 Å². The van der Waals surface area contributed by atoms with Crippen molar-refractivity contribution >= 4 is 31.5 Å². The number of sulfonamides is 1. The molecule has 168 valence electrons. The third-order valence-corrected chi connectivity index (χ3v) is 7.35. The van der Waals surface area contributed by atoms with E-state index in [0.717, 1.165) is 6.26 Å². The first kappa shape index (κ1) is 23.4. The first-order chi connectivity index (χ1) is 15.1. The number of nitrogens with one attached hydrogen (secondary N) is 1. The Labute approximate surface area is 187 Å². The fourth-order valence-electron chi connectivity index (χ4n) is 3.15. The van der Waals surface area contributed by atoms with Crippen LogP contribution in [0.25, 0.3) is 11.1 Å². The second-order valence-electron chi connectivity index (χ2n) is 6.99. The molecule has 0 saturated carbocycles. The lowest BCUT2D eigenvalue weighted by Crippen LogP contribution is -2.17. The lowest BCUT2D eigenvalue weighted by molar-refractivity contribution is 0.0600. The molecule has 10 heteroatoms. The summed E-state index contributed by atoms with van der Waals surface area (Å²) in [7, 11) is -6.57. The number of hydrogen-bond acceptors (Lipinski definition) is 7. The average molecular weight is 475 g/mol. The second kappa shape index (κ2) is 9.09. The van der Waals surface area contributed by atoms with E-state index >= 15 is 0 Å². The maximum absolute atomic E-state index is 13.4. The van der Waals surface area contributed by atoms with Crippen LogP contribution in [0.5, 0.6) is 0 Å². The fraction of sp³-hybridized carbons (Fsp3) is 0.182. The minimum atomic E-state index is -4.19. The summed E-state index contributed by atoms with van der Waals surface area (Å²) in [5, 5.41) is 0. The zero-order valence-corrected chi connectivity index (χ0v) is 19.3. The van der Waals surface area contributed by atoms with Crippen molar-refractivity contribution in [3.63, 3.8) is 0 Å². The number of anilines is 1. The Morgan fingerprint density at radius 1 is 1.06 bits per heavy atom. The van der Waals surface area contributed by atoms with E-state index in [1.54, 1.807) is 37.5 Å². The maximum Gasteiger partial charge on any atom is 0.337 e. The van der Waals surface area contributed by atoms with Crippen LogP contribution >= 0.6 is 0 Å². The number of methoxy groups -OCH3 is 1. The van der Waals surface area contributed by atoms with Crippen molar-refractivity contribution in [1.82, 2.24) is 4.98 Å². The van der Waals surface area contributed by atoms with Crippen LogP contribution in [-0.4, -0.2) is 41.2 Å². The van der Waals surface area contributed by atoms with E-state index < -0.39 is 25.8 Å². The number of sulfone groups is 1. The van der Waals surface area contributed by atoms with E-state index in [1.807, 2.05) is 0 Å². The first-order valence-electron chi connectivity index (χ1n) is 9.55. The summed E-state index contributed by atoms with van der Waals surface area (Å²) in [6.07, 6.45) is 4.56. The Morgan fingerprint density at radius 2 is 1.81 bits per heavy atom. The van der Waals surface area contributed by atoms with Gasteiger partial charge in [-0.25, -0.2) is 21.6 Å². The van der Waals surface area contributed by atoms with Gasteiger partial charge in [-0.2, -0.15) is 0 Å². The summed E-state index contributed by atoms with van der Waals surface area (Å²) < 4.78 is 58.1. The number of ether oxygens (including phenoxy) is 1. The van der Waals surface area contributed by atoms with Crippen molar-refractivity contribution in [2.24, 2.45) is 0 Å². The minimum Gasteiger partial charge on any atom is -0.465 e. The van der Waals surface area contributed by atoms with Crippen molar-refractivity contribution in [3.8, 4) is 11.1 Å². The number of rotatable bonds is 7. The molecule has 0 saturated heterocycles. The average Bonchev–Trinajstić information content (AvgIpc) is 2.77. The smallest absolute Gasteiger partial charge is 0.337 e. The van der Waals surface area contributed by atoms with E-state index in [4.69, 9.17) is 4.74 Å². The Bertz CT molecular complexity index is 1370. The summed E-state index contributed by atoms with van der Waals surface area (Å²) in [6.45, 7) is 1.79. The number of benzene rings is 2. The lowest BCUT2D eigenvalue weighted by Gasteiger charge is -2.16. The van der Waals surface area contributed by atoms with Gasteiger partial charge in [0.15, 0.2) is 9.84 Å². The van der Waals surface area contributed by atoms with E-state index in [1.165, 1.54) is 37.4 Å². The molecule has 32 heavy (non-hydrogen) atoms. The van der Waals surface area contributed by atoms with Crippen LogP contribution in [-0.2, 0) is 31.0 Å². The summed E-state index contributed by atoms with van der Waals surface area (Å²) in [6, 6.07) is 11.9. The molecule has 0 aliphatic carbocycles. The molecule has 0 aliphatic rings. The van der Waals surface area contributed by atoms with Gasteiger partial charge >= 0.3 is 5.97 Å². The van der Waals surface area contributed by atoms with Crippen LogP contribution in [0.2, 0.25) is 0 Å². The monoisotopic (exact) mass is 474 g/mol. The zero-order chi connectivity index (χ0) is 23.5. The Balaban J connectivity index is 2.18. The normalized spacial score (nSPS) is 11.7. The van der Waals surface area contributed by atoms with Gasteiger partial charge in [0, 0.05) is 29.8 Å². The molecule has 1 heterocycles. The number of carbonyl (C=O) groups is 1. The molecular formula is C22H22N2O6S2. The summed E-state index contributed by atoms with van der Waals surface area (Å²) >= 11 is 0. The largest absolute Gasteiger partial charge is 0.465 e. The number of esters is 1. The van der Waals surface area contributed by atoms with Crippen LogP contribution in [0, 0.1) is 0 Å². The molecule has 2 aromatic carbocycles. The van der Waals surface area contributed by atoms with Gasteiger partial charge in [0.05, 0.1) is 28.2 Å². The molecule has 0 bridgehead atoms. The van der Waals surface area contributed by atoms with Crippen molar-refractivity contribution in [2.75, 3.05) is 18.1 Å². The predicted molar refractivity (Wildman–Crippen MR) is 121 cm³/mol. The van der Waals surface area contributed by atoms with Crippen molar-refractivity contribution in [3.05, 3.63) is 72.1 Å². The van der Waals surface area contributed by atoms with E-state index in [9.17, 15) is 21.6 Å². The third-order valence-electron chi connectivity index (χ3n) is 4.79. The highest BCUT2D eigenvalue weighted by Gasteiger charge is 2.23. The highest BCUT2D eigenvalue weighted by molar-refractivity contribution is 7.92. The van der Waals surface area contributed by atoms with Gasteiger partial charge in [-0.05, 0) is 42.3 Å². The zero-order valence-electron chi connectivity index (χ0n) is 17.7. The molecular weight excluding hydrogens is 452 g/mol. The Kier molecular flexibility index (Phi) is 6.65. The second-order valence-corrected chi connectivity index (χ2v) is 10.7. The summed E-state index contributed by atoms with van der Waals surface area (Å²) in [4.78, 5) is 15.8. The first-order valence-corrected chi connectivity index (χ1v) is 12.9. The molecule has 0 spiro atoms. The van der Waals surface area contributed by atoms with E-state index in [0.29, 0.717) is 23.1 Å². The lowest BCUT2D eigenvalue weighted by atomic mass is 10.1. The molecule has 0 amide bonds. The molecule has 3 rings (SSSR count). The third kappa shape index (κ3) is 4.97. The fourth-order valence-corrected chi connectivity index (χ4v) is 5.21. The molecule has 0 unspecified atom stereocenters. The summed E-state index contributed by atoms with van der Waals surface area (Å²) in [5.74, 6) is -0.667. The predicted octanol–water partition coefficient (Wildman–Crippen LogP) is 3.30. The van der Waals surface area contributed by atoms with Gasteiger partial charge in [-0.15, -0.1) is 0 Å². The molecule has 0 fully saturated rings. The molecule has 0 aliphatic heterocycles. The van der Waals surface area contributed by atoms with Crippen LogP contribution in [0.4, 0.5) is 5.69 Å². The molecule has 8 nitrogen and oxygen atoms in total. The Hall–Kier alpha value is -3.24. The Morgan fingerprint density at radius 3 is 2.41 bits per heavy atom. The van der Waals surface area contributed by atoms with Crippen molar-refractivity contribution < 1.29 is 26.4 Å². The number of aromatic nitrogens is 1. The van der Waals surface area contributed by atoms with Gasteiger partial charge in [0.2, 0.25) is 0 Å². The van der Waals surface area contributed by atoms with Crippen LogP contribution in [0.1, 0.15) is 22.8 Å². The van der Waals surface area contributed by atoms with Crippen LogP contribution in [0.15, 0.2) is 70.7 Å². The number of carbonyl (C=O) groups excluding carboxylic acids is 1. The SMILES string of the molecule is CCc1ccc(C(=O)OC)cc1S(=O)(=O)Nc1cc(S(C)(=O)=O)ccc1-c1cccnc1. The standard InChI is InChI=1S/C22H22N2O6S2/c1-4-15-7-8-16(22(25)30-2)12-21(15)32(28,29)24-20-13-18(31(3,26)27)9-10-19(20)17-6-5-11-23-14-17/h5-14,24H,4H2,1-3H3. The van der Waals surface area contributed by atoms with Crippen molar-refractivity contribution in [2.45, 2.75) is 23.1 Å². The van der Waals surface area contributed by atoms with Crippen LogP contribution in [0.3, 0.4) is 0 Å². The van der Waals surface area contributed by atoms with Gasteiger partial charge < -0.3 is 4.74 Å². The topological polar surface area (TPSA) is 119 Å². The number of hydrogen-bond donors (Lipinski definition) is 1. The molecule has 1 aromatic heterocycles. The van der Waals surface area contributed by atoms with Gasteiger partial charge in [-0.1, -0.05) is 25.1 Å². The van der Waals surface area contributed by atoms with E-state index in [-0.39, 0.29) is 21.0 Å². The molecule has 3 aromatic rings. The number of pyridine rings is 1. The number of nitrogens with zero attached hydrogens (tertiary/aromatic N) is 1. The highest BCUT2D eigenvalue weighted by atomic mass is 32.2. The molecule has 0 atom stereocenters. The van der Waals surface area contributed by atoms with Crippen molar-refractivity contribution in [1.29, 1.82) is 0 Å². The highest BCUT2D eigenvalue weighted by Crippen LogP contribution is 2.32. The van der Waals surface area contributed by atoms with Gasteiger partial charge in [0.1, 0.15) is 0 Å².